The van der Waals surface area contributed by atoms with Crippen molar-refractivity contribution in [2.75, 3.05) is 27.2 Å². The molecule has 222 valence electrons. The number of carbonyl (C=O) groups is 3. The fraction of sp³-hybridized carbons (Fsp3) is 0.536. The maximum absolute atomic E-state index is 13.8. The van der Waals surface area contributed by atoms with Gasteiger partial charge in [-0.05, 0) is 63.4 Å². The lowest BCUT2D eigenvalue weighted by Crippen LogP contribution is -2.63. The SMILES string of the molecule is CC(O)N[C@H]1CCN(Cc2cc(O)c3c(c2Cl)C[C@H]2C[C@H]4[C@H](N(C)C)C(O)=C(C(N)=O)C(=O)[C@@]4(O)C(O)=C2C3=O)C1. The number of halogens is 1. The van der Waals surface area contributed by atoms with Crippen LogP contribution in [-0.4, -0.2) is 104 Å². The van der Waals surface area contributed by atoms with Crippen molar-refractivity contribution in [2.45, 2.75) is 56.6 Å². The van der Waals surface area contributed by atoms with Gasteiger partial charge in [-0.2, -0.15) is 0 Å². The van der Waals surface area contributed by atoms with Crippen molar-refractivity contribution < 1.29 is 39.9 Å². The molecule has 1 unspecified atom stereocenters. The Morgan fingerprint density at radius 1 is 1.29 bits per heavy atom. The Bertz CT molecular complexity index is 1410. The number of nitrogens with two attached hydrogens (primary N) is 1. The average Bonchev–Trinajstić information content (AvgIpc) is 3.29. The first-order valence-electron chi connectivity index (χ1n) is 13.5. The van der Waals surface area contributed by atoms with E-state index in [2.05, 4.69) is 10.2 Å². The first kappa shape index (κ1) is 29.5. The molecule has 41 heavy (non-hydrogen) atoms. The van der Waals surface area contributed by atoms with Crippen LogP contribution in [0.15, 0.2) is 28.7 Å². The molecular weight excluding hydrogens is 556 g/mol. The first-order chi connectivity index (χ1) is 19.2. The van der Waals surface area contributed by atoms with Crippen LogP contribution in [-0.2, 0) is 22.6 Å². The van der Waals surface area contributed by atoms with E-state index < -0.39 is 64.3 Å². The molecule has 0 aromatic heterocycles. The molecule has 0 saturated carbocycles. The van der Waals surface area contributed by atoms with E-state index in [1.165, 1.54) is 11.0 Å². The minimum Gasteiger partial charge on any atom is -0.510 e. The summed E-state index contributed by atoms with van der Waals surface area (Å²) in [6.07, 6.45) is 0.301. The molecule has 3 aliphatic carbocycles. The van der Waals surface area contributed by atoms with E-state index in [1.807, 2.05) is 0 Å². The minimum atomic E-state index is -2.68. The summed E-state index contributed by atoms with van der Waals surface area (Å²) in [5, 5.41) is 57.9. The number of aromatic hydroxyl groups is 1. The molecule has 1 aliphatic heterocycles. The van der Waals surface area contributed by atoms with Gasteiger partial charge in [-0.25, -0.2) is 0 Å². The third-order valence-corrected chi connectivity index (χ3v) is 9.34. The number of benzene rings is 1. The highest BCUT2D eigenvalue weighted by Gasteiger charge is 2.63. The number of nitrogens with zero attached hydrogens (tertiary/aromatic N) is 2. The number of fused-ring (bicyclic) bond motifs is 3. The number of primary amides is 1. The zero-order valence-corrected chi connectivity index (χ0v) is 23.8. The van der Waals surface area contributed by atoms with Crippen LogP contribution in [0.2, 0.25) is 5.02 Å². The van der Waals surface area contributed by atoms with E-state index >= 15 is 0 Å². The molecule has 0 spiro atoms. The number of ketones is 2. The van der Waals surface area contributed by atoms with Crippen LogP contribution in [0, 0.1) is 11.8 Å². The van der Waals surface area contributed by atoms with E-state index in [9.17, 15) is 39.9 Å². The van der Waals surface area contributed by atoms with Crippen molar-refractivity contribution >= 4 is 29.1 Å². The summed E-state index contributed by atoms with van der Waals surface area (Å²) in [6, 6.07) is 0.447. The van der Waals surface area contributed by atoms with Crippen molar-refractivity contribution in [1.82, 2.24) is 15.1 Å². The molecule has 1 saturated heterocycles. The van der Waals surface area contributed by atoms with E-state index in [-0.39, 0.29) is 35.8 Å². The number of allylic oxidation sites excluding steroid dienone is 1. The number of aliphatic hydroxyl groups excluding tert-OH is 3. The summed E-state index contributed by atoms with van der Waals surface area (Å²) in [5.74, 6) is -6.99. The number of Topliss-reactive ketones (excluding diaryl/α,β-unsaturated/α-hetero) is 2. The van der Waals surface area contributed by atoms with Gasteiger partial charge < -0.3 is 31.3 Å². The van der Waals surface area contributed by atoms with E-state index in [0.29, 0.717) is 29.2 Å². The molecule has 1 aromatic carbocycles. The number of phenolic OH excluding ortho intramolecular Hbond substituents is 1. The van der Waals surface area contributed by atoms with Gasteiger partial charge in [0.15, 0.2) is 11.4 Å². The summed E-state index contributed by atoms with van der Waals surface area (Å²) >= 11 is 6.84. The van der Waals surface area contributed by atoms with Gasteiger partial charge in [-0.15, -0.1) is 0 Å². The normalized spacial score (nSPS) is 30.9. The lowest BCUT2D eigenvalue weighted by molar-refractivity contribution is -0.148. The maximum atomic E-state index is 13.8. The third kappa shape index (κ3) is 4.53. The van der Waals surface area contributed by atoms with Gasteiger partial charge in [0, 0.05) is 42.2 Å². The summed E-state index contributed by atoms with van der Waals surface area (Å²) in [5.41, 5.74) is 2.50. The summed E-state index contributed by atoms with van der Waals surface area (Å²) in [4.78, 5) is 42.9. The highest BCUT2D eigenvalue weighted by Crippen LogP contribution is 2.53. The standard InChI is InChI=1S/C28H35ClN4O8/c1-11(34)31-14-4-5-33(10-14)9-13-8-17(35)19-15(21(13)29)6-12-7-16-22(32(2)3)24(37)20(27(30)40)26(39)28(16,41)25(38)18(12)23(19)36/h8,11-12,14,16,22,31,34-35,37-38,41H,4-7,9-10H2,1-3H3,(H2,30,40)/t11?,12-,14-,16-,22-,28-/m0/s1. The Hall–Kier alpha value is -3.00. The summed E-state index contributed by atoms with van der Waals surface area (Å²) < 4.78 is 0. The van der Waals surface area contributed by atoms with Crippen molar-refractivity contribution in [1.29, 1.82) is 0 Å². The fourth-order valence-corrected chi connectivity index (χ4v) is 7.45. The van der Waals surface area contributed by atoms with Crippen molar-refractivity contribution in [3.63, 3.8) is 0 Å². The molecule has 6 atom stereocenters. The van der Waals surface area contributed by atoms with Gasteiger partial charge in [0.1, 0.15) is 29.1 Å². The van der Waals surface area contributed by atoms with Crippen LogP contribution in [0.4, 0.5) is 0 Å². The van der Waals surface area contributed by atoms with E-state index in [4.69, 9.17) is 17.3 Å². The predicted molar refractivity (Wildman–Crippen MR) is 147 cm³/mol. The number of hydrogen-bond donors (Lipinski definition) is 7. The minimum absolute atomic E-state index is 0.00804. The van der Waals surface area contributed by atoms with Crippen molar-refractivity contribution in [3.8, 4) is 5.75 Å². The molecule has 1 amide bonds. The zero-order valence-electron chi connectivity index (χ0n) is 23.0. The number of carbonyl (C=O) groups excluding carboxylic acids is 3. The second-order valence-corrected chi connectivity index (χ2v) is 12.1. The average molecular weight is 591 g/mol. The Morgan fingerprint density at radius 2 is 1.98 bits per heavy atom. The number of amides is 1. The number of hydrogen-bond acceptors (Lipinski definition) is 11. The van der Waals surface area contributed by atoms with Gasteiger partial charge in [0.25, 0.3) is 5.91 Å². The molecule has 4 aliphatic rings. The number of likely N-dealkylation sites (tertiary alicyclic amines) is 1. The van der Waals surface area contributed by atoms with Crippen LogP contribution in [0.5, 0.6) is 5.75 Å². The number of aliphatic hydroxyl groups is 4. The topological polar surface area (TPSA) is 197 Å². The van der Waals surface area contributed by atoms with E-state index in [1.54, 1.807) is 21.0 Å². The molecule has 0 radical (unpaired) electrons. The first-order valence-corrected chi connectivity index (χ1v) is 13.9. The smallest absolute Gasteiger partial charge is 0.255 e. The van der Waals surface area contributed by atoms with Crippen LogP contribution in [0.25, 0.3) is 0 Å². The molecule has 5 rings (SSSR count). The third-order valence-electron chi connectivity index (χ3n) is 8.87. The van der Waals surface area contributed by atoms with Gasteiger partial charge in [0.05, 0.1) is 11.6 Å². The Kier molecular flexibility index (Phi) is 7.46. The summed E-state index contributed by atoms with van der Waals surface area (Å²) in [7, 11) is 3.16. The second-order valence-electron chi connectivity index (χ2n) is 11.7. The largest absolute Gasteiger partial charge is 0.510 e. The maximum Gasteiger partial charge on any atom is 0.255 e. The van der Waals surface area contributed by atoms with Crippen molar-refractivity contribution in [3.05, 3.63) is 50.4 Å². The molecular formula is C28H35ClN4O8. The fourth-order valence-electron chi connectivity index (χ4n) is 7.16. The van der Waals surface area contributed by atoms with Gasteiger partial charge in [-0.3, -0.25) is 29.5 Å². The highest BCUT2D eigenvalue weighted by atomic mass is 35.5. The molecule has 1 heterocycles. The van der Waals surface area contributed by atoms with Gasteiger partial charge in [0.2, 0.25) is 5.78 Å². The van der Waals surface area contributed by atoms with Crippen LogP contribution >= 0.6 is 11.6 Å². The Morgan fingerprint density at radius 3 is 2.59 bits per heavy atom. The van der Waals surface area contributed by atoms with Crippen LogP contribution in [0.3, 0.4) is 0 Å². The number of nitrogens with one attached hydrogen (secondary N) is 1. The van der Waals surface area contributed by atoms with Crippen LogP contribution < -0.4 is 11.1 Å². The number of phenols is 1. The Labute approximate surface area is 241 Å². The summed E-state index contributed by atoms with van der Waals surface area (Å²) in [6.45, 7) is 3.46. The monoisotopic (exact) mass is 590 g/mol. The van der Waals surface area contributed by atoms with Gasteiger partial charge in [-0.1, -0.05) is 11.6 Å². The van der Waals surface area contributed by atoms with Gasteiger partial charge >= 0.3 is 0 Å². The van der Waals surface area contributed by atoms with Crippen LogP contribution in [0.1, 0.15) is 41.3 Å². The quantitative estimate of drug-likeness (QED) is 0.177. The molecule has 1 aromatic rings. The molecule has 12 nitrogen and oxygen atoms in total. The molecule has 13 heteroatoms. The highest BCUT2D eigenvalue weighted by molar-refractivity contribution is 6.33. The Balaban J connectivity index is 1.55. The molecule has 0 bridgehead atoms. The lowest BCUT2D eigenvalue weighted by Gasteiger charge is -2.50. The second kappa shape index (κ2) is 10.4. The number of likely N-dealkylation sites (N-methyl/N-ethyl adjacent to an activating group) is 1. The van der Waals surface area contributed by atoms with E-state index in [0.717, 1.165) is 13.0 Å². The predicted octanol–water partition coefficient (Wildman–Crippen LogP) is 0.276. The number of rotatable bonds is 6. The zero-order chi connectivity index (χ0) is 30.1. The lowest BCUT2D eigenvalue weighted by atomic mass is 9.58. The molecule has 1 fully saturated rings. The van der Waals surface area contributed by atoms with Crippen molar-refractivity contribution in [2.24, 2.45) is 17.6 Å². The molecule has 8 N–H and O–H groups in total.